The summed E-state index contributed by atoms with van der Waals surface area (Å²) in [7, 11) is 0. The highest BCUT2D eigenvalue weighted by molar-refractivity contribution is 6.29. The lowest BCUT2D eigenvalue weighted by molar-refractivity contribution is 0.178. The third-order valence-electron chi connectivity index (χ3n) is 9.59. The normalized spacial score (nSPS) is 14.5. The van der Waals surface area contributed by atoms with Gasteiger partial charge in [-0.05, 0) is 95.7 Å². The molecule has 2 atom stereocenters. The zero-order valence-electron chi connectivity index (χ0n) is 25.2. The minimum atomic E-state index is -0.639. The highest BCUT2D eigenvalue weighted by Crippen LogP contribution is 2.40. The van der Waals surface area contributed by atoms with Gasteiger partial charge in [-0.15, -0.1) is 0 Å². The molecular formula is C42H31NO3. The molecule has 0 bridgehead atoms. The van der Waals surface area contributed by atoms with Crippen LogP contribution in [0.1, 0.15) is 28.4 Å². The van der Waals surface area contributed by atoms with Crippen molar-refractivity contribution in [2.24, 2.45) is 0 Å². The lowest BCUT2D eigenvalue weighted by Crippen LogP contribution is -2.21. The Bertz CT molecular complexity index is 2460. The smallest absolute Gasteiger partial charge is 0.127 e. The van der Waals surface area contributed by atoms with Crippen LogP contribution in [0, 0.1) is 0 Å². The van der Waals surface area contributed by atoms with Gasteiger partial charge in [0.25, 0.3) is 0 Å². The van der Waals surface area contributed by atoms with Gasteiger partial charge in [-0.1, -0.05) is 91.0 Å². The first-order chi connectivity index (χ1) is 22.6. The van der Waals surface area contributed by atoms with Crippen LogP contribution in [0.5, 0.6) is 5.75 Å². The van der Waals surface area contributed by atoms with Crippen LogP contribution in [0.4, 0.5) is 0 Å². The summed E-state index contributed by atoms with van der Waals surface area (Å²) in [5.74, 6) is 0.862. The van der Waals surface area contributed by atoms with Gasteiger partial charge in [0.2, 0.25) is 0 Å². The van der Waals surface area contributed by atoms with Crippen molar-refractivity contribution in [3.8, 4) is 5.75 Å². The molecule has 0 saturated carbocycles. The van der Waals surface area contributed by atoms with Crippen LogP contribution in [-0.2, 0) is 12.8 Å². The van der Waals surface area contributed by atoms with E-state index in [1.807, 2.05) is 54.6 Å². The molecule has 2 heterocycles. The summed E-state index contributed by atoms with van der Waals surface area (Å²) in [6.45, 7) is 0.405. The predicted octanol–water partition coefficient (Wildman–Crippen LogP) is 8.94. The number of aromatic nitrogens is 1. The fourth-order valence-corrected chi connectivity index (χ4v) is 7.28. The van der Waals surface area contributed by atoms with Gasteiger partial charge >= 0.3 is 0 Å². The molecular weight excluding hydrogens is 566 g/mol. The highest BCUT2D eigenvalue weighted by Gasteiger charge is 2.19. The Kier molecular flexibility index (Phi) is 6.27. The lowest BCUT2D eigenvalue weighted by Gasteiger charge is -2.22. The molecule has 7 aromatic carbocycles. The zero-order valence-corrected chi connectivity index (χ0v) is 25.2. The van der Waals surface area contributed by atoms with E-state index in [9.17, 15) is 10.2 Å². The number of pyridine rings is 1. The van der Waals surface area contributed by atoms with Crippen LogP contribution in [0.2, 0.25) is 0 Å². The van der Waals surface area contributed by atoms with Gasteiger partial charge in [-0.2, -0.15) is 0 Å². The molecule has 0 fully saturated rings. The Balaban J connectivity index is 1.04. The Hall–Kier alpha value is -5.29. The van der Waals surface area contributed by atoms with Gasteiger partial charge in [-0.3, -0.25) is 4.98 Å². The summed E-state index contributed by atoms with van der Waals surface area (Å²) in [5, 5.41) is 33.0. The second-order valence-electron chi connectivity index (χ2n) is 12.6. The van der Waals surface area contributed by atoms with E-state index >= 15 is 0 Å². The second kappa shape index (κ2) is 10.7. The van der Waals surface area contributed by atoms with E-state index in [2.05, 4.69) is 71.7 Å². The van der Waals surface area contributed by atoms with Crippen LogP contribution in [-0.4, -0.2) is 27.9 Å². The molecule has 0 spiro atoms. The Morgan fingerprint density at radius 2 is 1.33 bits per heavy atom. The van der Waals surface area contributed by atoms with Crippen molar-refractivity contribution < 1.29 is 14.9 Å². The minimum Gasteiger partial charge on any atom is -0.489 e. The van der Waals surface area contributed by atoms with Crippen molar-refractivity contribution in [2.75, 3.05) is 6.61 Å². The summed E-state index contributed by atoms with van der Waals surface area (Å²) in [4.78, 5) is 4.55. The first-order valence-corrected chi connectivity index (χ1v) is 15.8. The molecule has 0 amide bonds. The molecule has 1 aromatic heterocycles. The van der Waals surface area contributed by atoms with Gasteiger partial charge in [0, 0.05) is 30.0 Å². The molecule has 2 N–H and O–H groups in total. The fraction of sp³-hybridized carbons (Fsp3) is 0.119. The number of fused-ring (bicyclic) bond motifs is 4. The van der Waals surface area contributed by atoms with Gasteiger partial charge in [0.05, 0.1) is 17.7 Å². The molecule has 4 heteroatoms. The van der Waals surface area contributed by atoms with Crippen molar-refractivity contribution in [1.29, 1.82) is 0 Å². The van der Waals surface area contributed by atoms with Gasteiger partial charge in [0.15, 0.2) is 0 Å². The van der Waals surface area contributed by atoms with E-state index in [4.69, 9.17) is 4.74 Å². The summed E-state index contributed by atoms with van der Waals surface area (Å²) >= 11 is 0. The van der Waals surface area contributed by atoms with Gasteiger partial charge in [-0.25, -0.2) is 0 Å². The summed E-state index contributed by atoms with van der Waals surface area (Å²) in [5.41, 5.74) is 5.86. The van der Waals surface area contributed by atoms with E-state index in [-0.39, 0.29) is 0 Å². The number of ether oxygens (including phenoxy) is 1. The van der Waals surface area contributed by atoms with Crippen molar-refractivity contribution in [2.45, 2.75) is 25.0 Å². The SMILES string of the molecule is OC(Cc1ccc2c(c1)cc1ccc3cc(CC(O)c4cnc5ccccc5c4)cc4ccc2c1c34)C1=Cc2ccccc2OC1. The quantitative estimate of drug-likeness (QED) is 0.148. The average molecular weight is 598 g/mol. The maximum absolute atomic E-state index is 11.2. The van der Waals surface area contributed by atoms with E-state index in [0.29, 0.717) is 19.4 Å². The standard InChI is InChI=1S/C42H31NO3/c44-38(33-20-27-5-1-3-7-37(27)43-23-33)19-26-16-29-10-11-31-22-32-15-25(9-13-35(32)36-14-12-30(17-26)41(29)42(31)36)18-39(45)34-21-28-6-2-4-8-40(28)46-24-34/h1-17,20-23,38-39,44-45H,18-19,24H2. The zero-order chi connectivity index (χ0) is 30.8. The number of hydrogen-bond acceptors (Lipinski definition) is 4. The van der Waals surface area contributed by atoms with Crippen LogP contribution in [0.3, 0.4) is 0 Å². The van der Waals surface area contributed by atoms with E-state index in [1.165, 1.54) is 43.1 Å². The molecule has 0 saturated heterocycles. The Labute approximate surface area is 266 Å². The third kappa shape index (κ3) is 4.57. The van der Waals surface area contributed by atoms with Crippen molar-refractivity contribution in [3.63, 3.8) is 0 Å². The highest BCUT2D eigenvalue weighted by atomic mass is 16.5. The van der Waals surface area contributed by atoms with E-state index in [0.717, 1.165) is 44.5 Å². The summed E-state index contributed by atoms with van der Waals surface area (Å²) in [6.07, 6.45) is 3.64. The van der Waals surface area contributed by atoms with E-state index < -0.39 is 12.2 Å². The molecule has 2 unspecified atom stereocenters. The first-order valence-electron chi connectivity index (χ1n) is 15.8. The Morgan fingerprint density at radius 1 is 0.609 bits per heavy atom. The first kappa shape index (κ1) is 27.1. The van der Waals surface area contributed by atoms with Crippen LogP contribution in [0.15, 0.2) is 127 Å². The molecule has 1 aliphatic heterocycles. The molecule has 0 aliphatic carbocycles. The lowest BCUT2D eigenvalue weighted by atomic mass is 9.88. The minimum absolute atomic E-state index is 0.405. The average Bonchev–Trinajstić information content (AvgIpc) is 3.09. The number of nitrogens with zero attached hydrogens (tertiary/aromatic N) is 1. The molecule has 1 aliphatic rings. The fourth-order valence-electron chi connectivity index (χ4n) is 7.28. The molecule has 46 heavy (non-hydrogen) atoms. The van der Waals surface area contributed by atoms with Gasteiger partial charge in [0.1, 0.15) is 12.4 Å². The topological polar surface area (TPSA) is 62.6 Å². The predicted molar refractivity (Wildman–Crippen MR) is 188 cm³/mol. The molecule has 0 radical (unpaired) electrons. The van der Waals surface area contributed by atoms with Crippen molar-refractivity contribution in [3.05, 3.63) is 149 Å². The van der Waals surface area contributed by atoms with Crippen molar-refractivity contribution in [1.82, 2.24) is 4.98 Å². The molecule has 4 nitrogen and oxygen atoms in total. The summed E-state index contributed by atoms with van der Waals surface area (Å²) < 4.78 is 5.89. The summed E-state index contributed by atoms with van der Waals surface area (Å²) in [6, 6.07) is 40.1. The molecule has 9 rings (SSSR count). The van der Waals surface area contributed by atoms with Gasteiger partial charge < -0.3 is 14.9 Å². The van der Waals surface area contributed by atoms with Crippen LogP contribution >= 0.6 is 0 Å². The monoisotopic (exact) mass is 597 g/mol. The largest absolute Gasteiger partial charge is 0.489 e. The molecule has 8 aromatic rings. The van der Waals surface area contributed by atoms with Crippen LogP contribution < -0.4 is 4.74 Å². The number of aliphatic hydroxyl groups excluding tert-OH is 2. The number of hydrogen-bond donors (Lipinski definition) is 2. The van der Waals surface area contributed by atoms with Crippen molar-refractivity contribution >= 4 is 60.1 Å². The number of para-hydroxylation sites is 2. The van der Waals surface area contributed by atoms with Crippen LogP contribution in [0.25, 0.3) is 60.1 Å². The Morgan fingerprint density at radius 3 is 2.22 bits per heavy atom. The molecule has 222 valence electrons. The number of benzene rings is 7. The number of aliphatic hydroxyl groups is 2. The third-order valence-corrected chi connectivity index (χ3v) is 9.59. The second-order valence-corrected chi connectivity index (χ2v) is 12.6. The number of rotatable bonds is 6. The maximum atomic E-state index is 11.2. The maximum Gasteiger partial charge on any atom is 0.127 e. The van der Waals surface area contributed by atoms with E-state index in [1.54, 1.807) is 6.20 Å².